The monoisotopic (exact) mass is 220 g/mol. The first-order valence-electron chi connectivity index (χ1n) is 5.36. The average Bonchev–Trinajstić information content (AvgIpc) is 2.28. The van der Waals surface area contributed by atoms with Gasteiger partial charge in [-0.2, -0.15) is 0 Å². The zero-order valence-electron chi connectivity index (χ0n) is 9.60. The van der Waals surface area contributed by atoms with Crippen LogP contribution in [0, 0.1) is 5.92 Å². The van der Waals surface area contributed by atoms with Crippen LogP contribution in [0.4, 0.5) is 0 Å². The van der Waals surface area contributed by atoms with E-state index in [1.54, 1.807) is 6.92 Å². The van der Waals surface area contributed by atoms with Crippen molar-refractivity contribution < 1.29 is 14.3 Å². The Morgan fingerprint density at radius 3 is 2.38 bits per heavy atom. The minimum atomic E-state index is -0.622. The molecule has 0 heterocycles. The Kier molecular flexibility index (Phi) is 4.70. The van der Waals surface area contributed by atoms with Gasteiger partial charge >= 0.3 is 5.97 Å². The lowest BCUT2D eigenvalue weighted by atomic mass is 10.0. The van der Waals surface area contributed by atoms with Gasteiger partial charge in [0.2, 0.25) is 0 Å². The Bertz CT molecular complexity index is 357. The number of ketones is 1. The Hall–Kier alpha value is -1.64. The molecule has 1 rings (SSSR count). The number of hydrogen-bond acceptors (Lipinski definition) is 3. The lowest BCUT2D eigenvalue weighted by Gasteiger charge is -2.10. The summed E-state index contributed by atoms with van der Waals surface area (Å²) in [5.41, 5.74) is 0.925. The summed E-state index contributed by atoms with van der Waals surface area (Å²) >= 11 is 0. The van der Waals surface area contributed by atoms with Crippen LogP contribution >= 0.6 is 0 Å². The first kappa shape index (κ1) is 12.4. The molecule has 1 aromatic carbocycles. The molecule has 1 aromatic rings. The van der Waals surface area contributed by atoms with Crippen LogP contribution in [0.15, 0.2) is 30.3 Å². The highest BCUT2D eigenvalue weighted by molar-refractivity contribution is 5.97. The van der Waals surface area contributed by atoms with Gasteiger partial charge in [0.25, 0.3) is 0 Å². The van der Waals surface area contributed by atoms with Crippen molar-refractivity contribution in [1.29, 1.82) is 0 Å². The van der Waals surface area contributed by atoms with Crippen LogP contribution in [-0.2, 0) is 20.9 Å². The predicted molar refractivity (Wildman–Crippen MR) is 60.7 cm³/mol. The van der Waals surface area contributed by atoms with E-state index in [2.05, 4.69) is 0 Å². The van der Waals surface area contributed by atoms with E-state index in [1.807, 2.05) is 30.3 Å². The summed E-state index contributed by atoms with van der Waals surface area (Å²) in [5, 5.41) is 0. The van der Waals surface area contributed by atoms with Crippen LogP contribution in [0.2, 0.25) is 0 Å². The van der Waals surface area contributed by atoms with Crippen molar-refractivity contribution in [3.63, 3.8) is 0 Å². The van der Waals surface area contributed by atoms with Gasteiger partial charge in [-0.25, -0.2) is 0 Å². The summed E-state index contributed by atoms with van der Waals surface area (Å²) in [6, 6.07) is 9.41. The highest BCUT2D eigenvalue weighted by Gasteiger charge is 2.22. The van der Waals surface area contributed by atoms with Crippen LogP contribution in [0.5, 0.6) is 0 Å². The number of carbonyl (C=O) groups is 2. The van der Waals surface area contributed by atoms with E-state index in [-0.39, 0.29) is 12.4 Å². The highest BCUT2D eigenvalue weighted by atomic mass is 16.5. The average molecular weight is 220 g/mol. The second-order valence-electron chi connectivity index (χ2n) is 3.66. The summed E-state index contributed by atoms with van der Waals surface area (Å²) in [5.74, 6) is -1.19. The predicted octanol–water partition coefficient (Wildman–Crippen LogP) is 2.35. The molecule has 1 unspecified atom stereocenters. The van der Waals surface area contributed by atoms with Gasteiger partial charge in [0.15, 0.2) is 0 Å². The van der Waals surface area contributed by atoms with Crippen LogP contribution in [0.3, 0.4) is 0 Å². The van der Waals surface area contributed by atoms with E-state index in [0.29, 0.717) is 6.42 Å². The summed E-state index contributed by atoms with van der Waals surface area (Å²) in [7, 11) is 0. The van der Waals surface area contributed by atoms with Gasteiger partial charge in [0, 0.05) is 0 Å². The molecule has 0 radical (unpaired) electrons. The van der Waals surface area contributed by atoms with Gasteiger partial charge in [-0.1, -0.05) is 37.3 Å². The lowest BCUT2D eigenvalue weighted by Crippen LogP contribution is -2.23. The van der Waals surface area contributed by atoms with Crippen LogP contribution in [0.1, 0.15) is 25.8 Å². The molecule has 0 aliphatic heterocycles. The number of esters is 1. The molecule has 16 heavy (non-hydrogen) atoms. The SMILES string of the molecule is CCC(C(C)=O)C(=O)OCc1ccccc1. The maximum Gasteiger partial charge on any atom is 0.316 e. The topological polar surface area (TPSA) is 43.4 Å². The number of Topliss-reactive ketones (excluding diaryl/α,β-unsaturated/α-hetero) is 1. The molecule has 0 amide bonds. The first-order chi connectivity index (χ1) is 7.65. The van der Waals surface area contributed by atoms with E-state index in [0.717, 1.165) is 5.56 Å². The Balaban J connectivity index is 2.49. The molecule has 0 spiro atoms. The molecule has 3 nitrogen and oxygen atoms in total. The number of rotatable bonds is 5. The number of benzene rings is 1. The van der Waals surface area contributed by atoms with Crippen molar-refractivity contribution in [3.8, 4) is 0 Å². The zero-order valence-corrected chi connectivity index (χ0v) is 9.60. The summed E-state index contributed by atoms with van der Waals surface area (Å²) in [6.07, 6.45) is 0.489. The Labute approximate surface area is 95.4 Å². The van der Waals surface area contributed by atoms with Gasteiger partial charge in [-0.05, 0) is 18.9 Å². The maximum absolute atomic E-state index is 11.5. The molecule has 0 N–H and O–H groups in total. The maximum atomic E-state index is 11.5. The van der Waals surface area contributed by atoms with E-state index in [4.69, 9.17) is 4.74 Å². The van der Waals surface area contributed by atoms with E-state index < -0.39 is 11.9 Å². The van der Waals surface area contributed by atoms with Crippen molar-refractivity contribution in [2.45, 2.75) is 26.9 Å². The fraction of sp³-hybridized carbons (Fsp3) is 0.385. The normalized spacial score (nSPS) is 11.9. The fourth-order valence-electron chi connectivity index (χ4n) is 1.45. The molecule has 0 saturated carbocycles. The summed E-state index contributed by atoms with van der Waals surface area (Å²) in [4.78, 5) is 22.7. The summed E-state index contributed by atoms with van der Waals surface area (Å²) < 4.78 is 5.08. The van der Waals surface area contributed by atoms with E-state index in [9.17, 15) is 9.59 Å². The smallest absolute Gasteiger partial charge is 0.316 e. The van der Waals surface area contributed by atoms with Crippen LogP contribution in [0.25, 0.3) is 0 Å². The second kappa shape index (κ2) is 6.05. The van der Waals surface area contributed by atoms with Gasteiger partial charge in [0.1, 0.15) is 18.3 Å². The Morgan fingerprint density at radius 2 is 1.88 bits per heavy atom. The zero-order chi connectivity index (χ0) is 12.0. The van der Waals surface area contributed by atoms with Crippen molar-refractivity contribution >= 4 is 11.8 Å². The summed E-state index contributed by atoms with van der Waals surface area (Å²) in [6.45, 7) is 3.44. The largest absolute Gasteiger partial charge is 0.460 e. The minimum absolute atomic E-state index is 0.138. The van der Waals surface area contributed by atoms with E-state index in [1.165, 1.54) is 6.92 Å². The standard InChI is InChI=1S/C13H16O3/c1-3-12(10(2)14)13(15)16-9-11-7-5-4-6-8-11/h4-8,12H,3,9H2,1-2H3. The molecule has 0 saturated heterocycles. The highest BCUT2D eigenvalue weighted by Crippen LogP contribution is 2.09. The molecule has 0 aliphatic carbocycles. The van der Waals surface area contributed by atoms with E-state index >= 15 is 0 Å². The second-order valence-corrected chi connectivity index (χ2v) is 3.66. The molecule has 3 heteroatoms. The van der Waals surface area contributed by atoms with Crippen molar-refractivity contribution in [1.82, 2.24) is 0 Å². The third-order valence-corrected chi connectivity index (χ3v) is 2.41. The number of carbonyl (C=O) groups excluding carboxylic acids is 2. The molecule has 0 aromatic heterocycles. The Morgan fingerprint density at radius 1 is 1.25 bits per heavy atom. The molecule has 0 bridgehead atoms. The molecular weight excluding hydrogens is 204 g/mol. The fourth-order valence-corrected chi connectivity index (χ4v) is 1.45. The van der Waals surface area contributed by atoms with Crippen LogP contribution < -0.4 is 0 Å². The first-order valence-corrected chi connectivity index (χ1v) is 5.36. The minimum Gasteiger partial charge on any atom is -0.460 e. The van der Waals surface area contributed by atoms with Crippen molar-refractivity contribution in [3.05, 3.63) is 35.9 Å². The molecule has 1 atom stereocenters. The van der Waals surface area contributed by atoms with Gasteiger partial charge < -0.3 is 4.74 Å². The molecule has 86 valence electrons. The van der Waals surface area contributed by atoms with Gasteiger partial charge in [-0.3, -0.25) is 9.59 Å². The third-order valence-electron chi connectivity index (χ3n) is 2.41. The molecular formula is C13H16O3. The van der Waals surface area contributed by atoms with Gasteiger partial charge in [-0.15, -0.1) is 0 Å². The molecule has 0 fully saturated rings. The molecule has 0 aliphatic rings. The lowest BCUT2D eigenvalue weighted by molar-refractivity contribution is -0.152. The quantitative estimate of drug-likeness (QED) is 0.565. The number of hydrogen-bond donors (Lipinski definition) is 0. The van der Waals surface area contributed by atoms with Crippen molar-refractivity contribution in [2.24, 2.45) is 5.92 Å². The van der Waals surface area contributed by atoms with Crippen LogP contribution in [-0.4, -0.2) is 11.8 Å². The van der Waals surface area contributed by atoms with Crippen molar-refractivity contribution in [2.75, 3.05) is 0 Å². The van der Waals surface area contributed by atoms with Gasteiger partial charge in [0.05, 0.1) is 0 Å². The third kappa shape index (κ3) is 3.50. The number of ether oxygens (including phenoxy) is 1.